The largest absolute Gasteiger partial charge is 0.409 e. The van der Waals surface area contributed by atoms with Crippen molar-refractivity contribution in [3.63, 3.8) is 0 Å². The minimum Gasteiger partial charge on any atom is -0.409 e. The van der Waals surface area contributed by atoms with Crippen LogP contribution in [0.15, 0.2) is 17.3 Å². The molecule has 1 aromatic rings. The molecule has 0 aliphatic heterocycles. The molecule has 4 nitrogen and oxygen atoms in total. The Bertz CT molecular complexity index is 295. The number of nitrogens with zero attached hydrogens (tertiary/aromatic N) is 1. The topological polar surface area (TPSA) is 70.6 Å². The first kappa shape index (κ1) is 10.0. The number of nitrogens with two attached hydrogens (primary N) is 1. The van der Waals surface area contributed by atoms with E-state index in [1.165, 1.54) is 9.75 Å². The summed E-state index contributed by atoms with van der Waals surface area (Å²) in [5, 5.41) is 14.2. The summed E-state index contributed by atoms with van der Waals surface area (Å²) in [4.78, 5) is 2.55. The third-order valence-corrected chi connectivity index (χ3v) is 2.53. The normalized spacial score (nSPS) is 11.9. The number of amidine groups is 1. The lowest BCUT2D eigenvalue weighted by Crippen LogP contribution is -2.28. The first-order chi connectivity index (χ1) is 6.22. The maximum Gasteiger partial charge on any atom is 0.153 e. The molecule has 0 atom stereocenters. The smallest absolute Gasteiger partial charge is 0.153 e. The molecule has 4 N–H and O–H groups in total. The molecule has 0 saturated heterocycles. The number of nitrogens with one attached hydrogen (secondary N) is 1. The molecule has 0 aliphatic rings. The fourth-order valence-electron chi connectivity index (χ4n) is 0.929. The SMILES string of the molecule is Cc1ccc(CNCC(N)=NO)s1. The van der Waals surface area contributed by atoms with Crippen LogP contribution in [0.1, 0.15) is 9.75 Å². The molecule has 0 amide bonds. The zero-order valence-electron chi connectivity index (χ0n) is 7.45. The number of hydrogen-bond donors (Lipinski definition) is 3. The number of oxime groups is 1. The molecule has 5 heteroatoms. The third-order valence-electron chi connectivity index (χ3n) is 1.53. The minimum atomic E-state index is 0.202. The molecule has 0 spiro atoms. The highest BCUT2D eigenvalue weighted by Crippen LogP contribution is 2.14. The Balaban J connectivity index is 2.28. The van der Waals surface area contributed by atoms with Gasteiger partial charge in [-0.15, -0.1) is 11.3 Å². The Morgan fingerprint density at radius 2 is 2.46 bits per heavy atom. The second-order valence-corrected chi connectivity index (χ2v) is 4.08. The van der Waals surface area contributed by atoms with Gasteiger partial charge < -0.3 is 16.3 Å². The maximum atomic E-state index is 8.26. The first-order valence-corrected chi connectivity index (χ1v) is 4.76. The van der Waals surface area contributed by atoms with E-state index in [2.05, 4.69) is 29.5 Å². The average molecular weight is 199 g/mol. The summed E-state index contributed by atoms with van der Waals surface area (Å²) in [5.74, 6) is 0.202. The molecule has 72 valence electrons. The van der Waals surface area contributed by atoms with Crippen molar-refractivity contribution < 1.29 is 5.21 Å². The predicted octanol–water partition coefficient (Wildman–Crippen LogP) is 0.893. The van der Waals surface area contributed by atoms with Crippen molar-refractivity contribution in [3.8, 4) is 0 Å². The van der Waals surface area contributed by atoms with E-state index in [9.17, 15) is 0 Å². The number of hydrogen-bond acceptors (Lipinski definition) is 4. The summed E-state index contributed by atoms with van der Waals surface area (Å²) in [7, 11) is 0. The van der Waals surface area contributed by atoms with E-state index < -0.39 is 0 Å². The minimum absolute atomic E-state index is 0.202. The summed E-state index contributed by atoms with van der Waals surface area (Å²) in [6.45, 7) is 3.24. The summed E-state index contributed by atoms with van der Waals surface area (Å²) in [6, 6.07) is 4.14. The van der Waals surface area contributed by atoms with Crippen LogP contribution in [0.4, 0.5) is 0 Å². The molecular weight excluding hydrogens is 186 g/mol. The van der Waals surface area contributed by atoms with Gasteiger partial charge in [-0.2, -0.15) is 0 Å². The fraction of sp³-hybridized carbons (Fsp3) is 0.375. The predicted molar refractivity (Wildman–Crippen MR) is 54.2 cm³/mol. The van der Waals surface area contributed by atoms with E-state index in [0.717, 1.165) is 6.54 Å². The Morgan fingerprint density at radius 1 is 1.69 bits per heavy atom. The summed E-state index contributed by atoms with van der Waals surface area (Å²) < 4.78 is 0. The lowest BCUT2D eigenvalue weighted by molar-refractivity contribution is 0.317. The van der Waals surface area contributed by atoms with Gasteiger partial charge in [0.15, 0.2) is 5.84 Å². The second-order valence-electron chi connectivity index (χ2n) is 2.71. The highest BCUT2D eigenvalue weighted by molar-refractivity contribution is 7.11. The van der Waals surface area contributed by atoms with Crippen molar-refractivity contribution in [1.29, 1.82) is 0 Å². The molecule has 0 aliphatic carbocycles. The van der Waals surface area contributed by atoms with E-state index in [-0.39, 0.29) is 5.84 Å². The number of thiophene rings is 1. The number of aryl methyl sites for hydroxylation is 1. The van der Waals surface area contributed by atoms with Gasteiger partial charge in [-0.3, -0.25) is 0 Å². The molecular formula is C8H13N3OS. The number of rotatable bonds is 4. The Kier molecular flexibility index (Phi) is 3.72. The van der Waals surface area contributed by atoms with Crippen LogP contribution in [-0.2, 0) is 6.54 Å². The highest BCUT2D eigenvalue weighted by atomic mass is 32.1. The summed E-state index contributed by atoms with van der Waals surface area (Å²) in [6.07, 6.45) is 0. The molecule has 1 rings (SSSR count). The van der Waals surface area contributed by atoms with E-state index in [4.69, 9.17) is 10.9 Å². The molecule has 0 radical (unpaired) electrons. The van der Waals surface area contributed by atoms with Crippen molar-refractivity contribution in [2.75, 3.05) is 6.54 Å². The molecule has 0 fully saturated rings. The van der Waals surface area contributed by atoms with Gasteiger partial charge in [-0.25, -0.2) is 0 Å². The van der Waals surface area contributed by atoms with Gasteiger partial charge in [0, 0.05) is 16.3 Å². The van der Waals surface area contributed by atoms with Crippen LogP contribution in [-0.4, -0.2) is 17.6 Å². The maximum absolute atomic E-state index is 8.26. The van der Waals surface area contributed by atoms with Crippen molar-refractivity contribution in [3.05, 3.63) is 21.9 Å². The standard InChI is InChI=1S/C8H13N3OS/c1-6-2-3-7(13-6)4-10-5-8(9)11-12/h2-3,10,12H,4-5H2,1H3,(H2,9,11). The Hall–Kier alpha value is -1.07. The highest BCUT2D eigenvalue weighted by Gasteiger charge is 1.96. The molecule has 0 saturated carbocycles. The van der Waals surface area contributed by atoms with Gasteiger partial charge >= 0.3 is 0 Å². The van der Waals surface area contributed by atoms with Crippen molar-refractivity contribution in [2.24, 2.45) is 10.9 Å². The zero-order valence-corrected chi connectivity index (χ0v) is 8.27. The monoisotopic (exact) mass is 199 g/mol. The van der Waals surface area contributed by atoms with Gasteiger partial charge in [0.05, 0.1) is 6.54 Å². The van der Waals surface area contributed by atoms with Gasteiger partial charge in [0.25, 0.3) is 0 Å². The van der Waals surface area contributed by atoms with Crippen LogP contribution in [0, 0.1) is 6.92 Å². The molecule has 1 aromatic heterocycles. The zero-order chi connectivity index (χ0) is 9.68. The van der Waals surface area contributed by atoms with Crippen LogP contribution in [0.2, 0.25) is 0 Å². The van der Waals surface area contributed by atoms with E-state index in [1.807, 2.05) is 0 Å². The summed E-state index contributed by atoms with van der Waals surface area (Å²) in [5.41, 5.74) is 5.28. The van der Waals surface area contributed by atoms with Gasteiger partial charge in [0.2, 0.25) is 0 Å². The Morgan fingerprint density at radius 3 is 3.00 bits per heavy atom. The molecule has 0 unspecified atom stereocenters. The first-order valence-electron chi connectivity index (χ1n) is 3.95. The van der Waals surface area contributed by atoms with Crippen molar-refractivity contribution in [1.82, 2.24) is 5.32 Å². The van der Waals surface area contributed by atoms with E-state index >= 15 is 0 Å². The van der Waals surface area contributed by atoms with Crippen LogP contribution >= 0.6 is 11.3 Å². The van der Waals surface area contributed by atoms with Crippen molar-refractivity contribution in [2.45, 2.75) is 13.5 Å². The van der Waals surface area contributed by atoms with Crippen LogP contribution in [0.3, 0.4) is 0 Å². The molecule has 13 heavy (non-hydrogen) atoms. The van der Waals surface area contributed by atoms with Gasteiger partial charge in [0.1, 0.15) is 0 Å². The fourth-order valence-corrected chi connectivity index (χ4v) is 1.79. The average Bonchev–Trinajstić information content (AvgIpc) is 2.51. The van der Waals surface area contributed by atoms with E-state index in [0.29, 0.717) is 6.54 Å². The lowest BCUT2D eigenvalue weighted by Gasteiger charge is -2.00. The third kappa shape index (κ3) is 3.43. The van der Waals surface area contributed by atoms with Crippen molar-refractivity contribution >= 4 is 17.2 Å². The van der Waals surface area contributed by atoms with Crippen LogP contribution in [0.5, 0.6) is 0 Å². The van der Waals surface area contributed by atoms with Gasteiger partial charge in [-0.1, -0.05) is 5.16 Å². The van der Waals surface area contributed by atoms with Crippen LogP contribution < -0.4 is 11.1 Å². The lowest BCUT2D eigenvalue weighted by atomic mass is 10.4. The van der Waals surface area contributed by atoms with Crippen LogP contribution in [0.25, 0.3) is 0 Å². The second kappa shape index (κ2) is 4.84. The quantitative estimate of drug-likeness (QED) is 0.292. The molecule has 0 bridgehead atoms. The van der Waals surface area contributed by atoms with Gasteiger partial charge in [-0.05, 0) is 19.1 Å². The molecule has 1 heterocycles. The molecule has 0 aromatic carbocycles. The van der Waals surface area contributed by atoms with E-state index in [1.54, 1.807) is 11.3 Å². The Labute approximate surface area is 81.1 Å². The summed E-state index contributed by atoms with van der Waals surface area (Å²) >= 11 is 1.74.